The lowest BCUT2D eigenvalue weighted by molar-refractivity contribution is 0.397. The van der Waals surface area contributed by atoms with Gasteiger partial charge >= 0.3 is 0 Å². The Hall–Kier alpha value is -0.0900. The fraction of sp³-hybridized carbons (Fsp3) is 1.00. The zero-order valence-corrected chi connectivity index (χ0v) is 10.5. The van der Waals surface area contributed by atoms with Crippen LogP contribution in [0.3, 0.4) is 0 Å². The molecule has 0 spiro atoms. The molecule has 4 heteroatoms. The molecule has 0 saturated carbocycles. The Labute approximate surface area is 88.0 Å². The summed E-state index contributed by atoms with van der Waals surface area (Å²) >= 11 is 0. The minimum Gasteiger partial charge on any atom is -0.328 e. The predicted octanol–water partition coefficient (Wildman–Crippen LogP) is 1.57. The van der Waals surface area contributed by atoms with Crippen LogP contribution in [0.15, 0.2) is 0 Å². The fourth-order valence-electron chi connectivity index (χ4n) is 0.929. The Balaban J connectivity index is 3.97. The monoisotopic (exact) mass is 221 g/mol. The molecule has 0 heterocycles. The summed E-state index contributed by atoms with van der Waals surface area (Å²) in [5.74, 6) is 0.504. The van der Waals surface area contributed by atoms with E-state index in [1.807, 2.05) is 27.7 Å². The first-order chi connectivity index (χ1) is 6.12. The Morgan fingerprint density at radius 3 is 2.07 bits per heavy atom. The van der Waals surface area contributed by atoms with Gasteiger partial charge in [0.15, 0.2) is 0 Å². The smallest absolute Gasteiger partial charge is 0.150 e. The van der Waals surface area contributed by atoms with Gasteiger partial charge in [0.2, 0.25) is 0 Å². The van der Waals surface area contributed by atoms with Crippen LogP contribution in [0, 0.1) is 5.41 Å². The molecule has 1 unspecified atom stereocenters. The number of rotatable bonds is 5. The Morgan fingerprint density at radius 2 is 1.71 bits per heavy atom. The van der Waals surface area contributed by atoms with Crippen LogP contribution >= 0.6 is 0 Å². The van der Waals surface area contributed by atoms with Gasteiger partial charge in [0, 0.05) is 6.04 Å². The number of nitrogens with two attached hydrogens (primary N) is 1. The van der Waals surface area contributed by atoms with Crippen molar-refractivity contribution in [2.45, 2.75) is 46.6 Å². The molecule has 0 aliphatic rings. The lowest BCUT2D eigenvalue weighted by Crippen LogP contribution is -2.23. The molecule has 2 N–H and O–H groups in total. The van der Waals surface area contributed by atoms with E-state index in [9.17, 15) is 8.42 Å². The summed E-state index contributed by atoms with van der Waals surface area (Å²) in [5.41, 5.74) is 5.60. The molecule has 0 aliphatic heterocycles. The summed E-state index contributed by atoms with van der Waals surface area (Å²) in [4.78, 5) is 0. The van der Waals surface area contributed by atoms with E-state index in [2.05, 4.69) is 0 Å². The normalized spacial score (nSPS) is 15.5. The molecule has 0 fully saturated rings. The Kier molecular flexibility index (Phi) is 5.09. The van der Waals surface area contributed by atoms with Gasteiger partial charge in [-0.15, -0.1) is 0 Å². The maximum Gasteiger partial charge on any atom is 0.150 e. The van der Waals surface area contributed by atoms with Gasteiger partial charge in [-0.1, -0.05) is 20.8 Å². The Bertz CT molecular complexity index is 250. The molecule has 0 rings (SSSR count). The number of hydrogen-bond acceptors (Lipinski definition) is 3. The van der Waals surface area contributed by atoms with Gasteiger partial charge < -0.3 is 5.73 Å². The van der Waals surface area contributed by atoms with E-state index < -0.39 is 9.84 Å². The molecule has 3 nitrogen and oxygen atoms in total. The first kappa shape index (κ1) is 13.9. The van der Waals surface area contributed by atoms with Gasteiger partial charge in [-0.2, -0.15) is 0 Å². The van der Waals surface area contributed by atoms with Crippen molar-refractivity contribution < 1.29 is 8.42 Å². The van der Waals surface area contributed by atoms with Crippen LogP contribution in [0.25, 0.3) is 0 Å². The lowest BCUT2D eigenvalue weighted by Gasteiger charge is -2.17. The van der Waals surface area contributed by atoms with Crippen LogP contribution in [-0.2, 0) is 9.84 Å². The maximum atomic E-state index is 11.5. The van der Waals surface area contributed by atoms with Crippen molar-refractivity contribution in [3.8, 4) is 0 Å². The van der Waals surface area contributed by atoms with Crippen molar-refractivity contribution in [3.05, 3.63) is 0 Å². The zero-order chi connectivity index (χ0) is 11.4. The van der Waals surface area contributed by atoms with Crippen LogP contribution in [0.4, 0.5) is 0 Å². The highest BCUT2D eigenvalue weighted by Gasteiger charge is 2.17. The summed E-state index contributed by atoms with van der Waals surface area (Å²) in [6, 6.07) is -0.0283. The second-order valence-electron chi connectivity index (χ2n) is 5.23. The molecule has 0 bridgehead atoms. The molecular weight excluding hydrogens is 198 g/mol. The Morgan fingerprint density at radius 1 is 1.21 bits per heavy atom. The average Bonchev–Trinajstić information content (AvgIpc) is 1.97. The van der Waals surface area contributed by atoms with Crippen LogP contribution in [0.2, 0.25) is 0 Å². The first-order valence-electron chi connectivity index (χ1n) is 5.08. The third-order valence-electron chi connectivity index (χ3n) is 2.05. The van der Waals surface area contributed by atoms with Gasteiger partial charge in [-0.3, -0.25) is 0 Å². The quantitative estimate of drug-likeness (QED) is 0.766. The minimum atomic E-state index is -2.89. The van der Waals surface area contributed by atoms with E-state index in [1.54, 1.807) is 0 Å². The van der Waals surface area contributed by atoms with Crippen LogP contribution in [0.5, 0.6) is 0 Å². The summed E-state index contributed by atoms with van der Waals surface area (Å²) in [7, 11) is -2.89. The molecule has 0 saturated heterocycles. The van der Waals surface area contributed by atoms with E-state index in [0.717, 1.165) is 0 Å². The van der Waals surface area contributed by atoms with Gasteiger partial charge in [0.05, 0.1) is 11.5 Å². The molecule has 0 radical (unpaired) electrons. The molecule has 0 amide bonds. The van der Waals surface area contributed by atoms with Crippen molar-refractivity contribution >= 4 is 9.84 Å². The minimum absolute atomic E-state index is 0.0283. The van der Waals surface area contributed by atoms with Gasteiger partial charge in [-0.25, -0.2) is 8.42 Å². The van der Waals surface area contributed by atoms with Crippen LogP contribution in [0.1, 0.15) is 40.5 Å². The van der Waals surface area contributed by atoms with Crippen molar-refractivity contribution in [3.63, 3.8) is 0 Å². The molecule has 14 heavy (non-hydrogen) atoms. The van der Waals surface area contributed by atoms with Crippen LogP contribution < -0.4 is 5.73 Å². The second kappa shape index (κ2) is 5.12. The largest absolute Gasteiger partial charge is 0.328 e. The van der Waals surface area contributed by atoms with Gasteiger partial charge in [-0.05, 0) is 25.2 Å². The van der Waals surface area contributed by atoms with E-state index in [-0.39, 0.29) is 23.0 Å². The van der Waals surface area contributed by atoms with E-state index in [4.69, 9.17) is 5.73 Å². The van der Waals surface area contributed by atoms with E-state index in [0.29, 0.717) is 12.8 Å². The van der Waals surface area contributed by atoms with Crippen molar-refractivity contribution in [2.75, 3.05) is 11.5 Å². The summed E-state index contributed by atoms with van der Waals surface area (Å²) < 4.78 is 23.1. The van der Waals surface area contributed by atoms with Crippen LogP contribution in [-0.4, -0.2) is 26.0 Å². The number of hydrogen-bond donors (Lipinski definition) is 1. The van der Waals surface area contributed by atoms with Gasteiger partial charge in [0.25, 0.3) is 0 Å². The highest BCUT2D eigenvalue weighted by molar-refractivity contribution is 7.91. The molecule has 0 aliphatic carbocycles. The molecule has 86 valence electrons. The molecule has 0 aromatic carbocycles. The first-order valence-corrected chi connectivity index (χ1v) is 6.90. The maximum absolute atomic E-state index is 11.5. The fourth-order valence-corrected chi connectivity index (χ4v) is 2.79. The molecular formula is C10H23NO2S. The molecule has 0 aromatic rings. The SMILES string of the molecule is CC(N)CCS(=O)(=O)CCC(C)(C)C. The van der Waals surface area contributed by atoms with E-state index >= 15 is 0 Å². The second-order valence-corrected chi connectivity index (χ2v) is 7.53. The number of sulfone groups is 1. The summed E-state index contributed by atoms with van der Waals surface area (Å²) in [6.07, 6.45) is 1.28. The van der Waals surface area contributed by atoms with Crippen molar-refractivity contribution in [1.29, 1.82) is 0 Å². The molecule has 1 atom stereocenters. The zero-order valence-electron chi connectivity index (χ0n) is 9.71. The average molecular weight is 221 g/mol. The third-order valence-corrected chi connectivity index (χ3v) is 3.73. The lowest BCUT2D eigenvalue weighted by atomic mass is 9.94. The summed E-state index contributed by atoms with van der Waals surface area (Å²) in [5, 5.41) is 0. The topological polar surface area (TPSA) is 60.2 Å². The van der Waals surface area contributed by atoms with E-state index in [1.165, 1.54) is 0 Å². The standard InChI is InChI=1S/C10H23NO2S/c1-9(11)5-7-14(12,13)8-6-10(2,3)4/h9H,5-8,11H2,1-4H3. The summed E-state index contributed by atoms with van der Waals surface area (Å²) in [6.45, 7) is 7.98. The molecule has 0 aromatic heterocycles. The van der Waals surface area contributed by atoms with Crippen molar-refractivity contribution in [2.24, 2.45) is 11.1 Å². The predicted molar refractivity (Wildman–Crippen MR) is 61.0 cm³/mol. The van der Waals surface area contributed by atoms with Gasteiger partial charge in [0.1, 0.15) is 9.84 Å². The highest BCUT2D eigenvalue weighted by Crippen LogP contribution is 2.19. The highest BCUT2D eigenvalue weighted by atomic mass is 32.2. The van der Waals surface area contributed by atoms with Crippen molar-refractivity contribution in [1.82, 2.24) is 0 Å². The third kappa shape index (κ3) is 8.51.